The Morgan fingerprint density at radius 3 is 2.83 bits per heavy atom. The van der Waals surface area contributed by atoms with E-state index in [1.165, 1.54) is 12.8 Å². The average Bonchev–Trinajstić information content (AvgIpc) is 2.35. The Balaban J connectivity index is 2.12. The number of carbonyl (C=O) groups is 1. The van der Waals surface area contributed by atoms with Crippen molar-refractivity contribution in [3.63, 3.8) is 0 Å². The zero-order valence-corrected chi connectivity index (χ0v) is 11.1. The van der Waals surface area contributed by atoms with Crippen LogP contribution in [-0.2, 0) is 11.2 Å². The summed E-state index contributed by atoms with van der Waals surface area (Å²) in [4.78, 5) is 11.5. The highest BCUT2D eigenvalue weighted by Crippen LogP contribution is 2.10. The number of nitrogens with one attached hydrogen (secondary N) is 1. The molecule has 1 aromatic carbocycles. The normalized spacial score (nSPS) is 10.3. The fourth-order valence-corrected chi connectivity index (χ4v) is 1.86. The van der Waals surface area contributed by atoms with Gasteiger partial charge in [0.1, 0.15) is 5.75 Å². The first kappa shape index (κ1) is 14.6. The number of rotatable bonds is 8. The molecule has 0 saturated heterocycles. The molecule has 0 bridgehead atoms. The van der Waals surface area contributed by atoms with Crippen molar-refractivity contribution >= 4 is 5.91 Å². The van der Waals surface area contributed by atoms with E-state index in [0.29, 0.717) is 13.0 Å². The SMILES string of the molecule is CCCCCCC(=O)NCCc1cccc(O)c1. The van der Waals surface area contributed by atoms with Gasteiger partial charge in [0.15, 0.2) is 0 Å². The maximum atomic E-state index is 11.5. The van der Waals surface area contributed by atoms with Crippen LogP contribution in [0.4, 0.5) is 0 Å². The summed E-state index contributed by atoms with van der Waals surface area (Å²) in [7, 11) is 0. The van der Waals surface area contributed by atoms with Crippen molar-refractivity contribution in [2.45, 2.75) is 45.4 Å². The van der Waals surface area contributed by atoms with Gasteiger partial charge in [-0.3, -0.25) is 4.79 Å². The number of amides is 1. The maximum absolute atomic E-state index is 11.5. The summed E-state index contributed by atoms with van der Waals surface area (Å²) in [5.74, 6) is 0.407. The highest BCUT2D eigenvalue weighted by atomic mass is 16.3. The first-order valence-electron chi connectivity index (χ1n) is 6.77. The minimum atomic E-state index is 0.131. The molecule has 0 unspecified atom stereocenters. The predicted molar refractivity (Wildman–Crippen MR) is 73.6 cm³/mol. The molecule has 0 radical (unpaired) electrons. The number of hydrogen-bond acceptors (Lipinski definition) is 2. The molecule has 100 valence electrons. The predicted octanol–water partition coefficient (Wildman–Crippen LogP) is 3.02. The summed E-state index contributed by atoms with van der Waals surface area (Å²) >= 11 is 0. The number of phenolic OH excluding ortho intramolecular Hbond substituents is 1. The Kier molecular flexibility index (Phi) is 6.92. The number of unbranched alkanes of at least 4 members (excludes halogenated alkanes) is 3. The van der Waals surface area contributed by atoms with Crippen LogP contribution in [-0.4, -0.2) is 17.6 Å². The van der Waals surface area contributed by atoms with E-state index >= 15 is 0 Å². The van der Waals surface area contributed by atoms with E-state index < -0.39 is 0 Å². The molecular weight excluding hydrogens is 226 g/mol. The number of hydrogen-bond donors (Lipinski definition) is 2. The van der Waals surface area contributed by atoms with Crippen LogP contribution in [0.25, 0.3) is 0 Å². The second-order valence-electron chi connectivity index (χ2n) is 4.58. The number of benzene rings is 1. The van der Waals surface area contributed by atoms with Gasteiger partial charge in [0.2, 0.25) is 5.91 Å². The maximum Gasteiger partial charge on any atom is 0.220 e. The summed E-state index contributed by atoms with van der Waals surface area (Å²) < 4.78 is 0. The van der Waals surface area contributed by atoms with Gasteiger partial charge in [0.05, 0.1) is 0 Å². The molecule has 0 aromatic heterocycles. The van der Waals surface area contributed by atoms with Crippen molar-refractivity contribution in [2.75, 3.05) is 6.54 Å². The summed E-state index contributed by atoms with van der Waals surface area (Å²) in [6.07, 6.45) is 5.90. The van der Waals surface area contributed by atoms with E-state index in [9.17, 15) is 9.90 Å². The molecule has 0 spiro atoms. The van der Waals surface area contributed by atoms with Gasteiger partial charge in [0.25, 0.3) is 0 Å². The quantitative estimate of drug-likeness (QED) is 0.696. The average molecular weight is 249 g/mol. The van der Waals surface area contributed by atoms with Crippen LogP contribution in [0.3, 0.4) is 0 Å². The topological polar surface area (TPSA) is 49.3 Å². The molecule has 0 aliphatic carbocycles. The minimum absolute atomic E-state index is 0.131. The third kappa shape index (κ3) is 6.28. The molecule has 1 aromatic rings. The molecule has 1 amide bonds. The summed E-state index contributed by atoms with van der Waals surface area (Å²) in [6, 6.07) is 7.15. The van der Waals surface area contributed by atoms with E-state index in [-0.39, 0.29) is 11.7 Å². The van der Waals surface area contributed by atoms with E-state index in [1.54, 1.807) is 12.1 Å². The van der Waals surface area contributed by atoms with Crippen molar-refractivity contribution in [2.24, 2.45) is 0 Å². The van der Waals surface area contributed by atoms with Crippen molar-refractivity contribution < 1.29 is 9.90 Å². The Labute approximate surface area is 109 Å². The van der Waals surface area contributed by atoms with Crippen molar-refractivity contribution in [1.82, 2.24) is 5.32 Å². The Bertz CT molecular complexity index is 363. The van der Waals surface area contributed by atoms with E-state index in [4.69, 9.17) is 0 Å². The highest BCUT2D eigenvalue weighted by molar-refractivity contribution is 5.75. The van der Waals surface area contributed by atoms with Crippen LogP contribution in [0.2, 0.25) is 0 Å². The highest BCUT2D eigenvalue weighted by Gasteiger charge is 2.01. The van der Waals surface area contributed by atoms with Crippen molar-refractivity contribution in [1.29, 1.82) is 0 Å². The van der Waals surface area contributed by atoms with Gasteiger partial charge in [-0.05, 0) is 30.5 Å². The zero-order valence-electron chi connectivity index (χ0n) is 11.1. The largest absolute Gasteiger partial charge is 0.508 e. The zero-order chi connectivity index (χ0) is 13.2. The summed E-state index contributed by atoms with van der Waals surface area (Å²) in [5, 5.41) is 12.2. The molecule has 18 heavy (non-hydrogen) atoms. The second-order valence-corrected chi connectivity index (χ2v) is 4.58. The lowest BCUT2D eigenvalue weighted by Gasteiger charge is -2.05. The van der Waals surface area contributed by atoms with Crippen molar-refractivity contribution in [3.05, 3.63) is 29.8 Å². The van der Waals surface area contributed by atoms with Crippen LogP contribution in [0.15, 0.2) is 24.3 Å². The third-order valence-corrected chi connectivity index (χ3v) is 2.90. The standard InChI is InChI=1S/C15H23NO2/c1-2-3-4-5-9-15(18)16-11-10-13-7-6-8-14(17)12-13/h6-8,12,17H,2-5,9-11H2,1H3,(H,16,18). The Morgan fingerprint density at radius 2 is 2.11 bits per heavy atom. The molecule has 0 aliphatic heterocycles. The molecule has 2 N–H and O–H groups in total. The minimum Gasteiger partial charge on any atom is -0.508 e. The fraction of sp³-hybridized carbons (Fsp3) is 0.533. The molecule has 0 atom stereocenters. The van der Waals surface area contributed by atoms with Gasteiger partial charge in [-0.25, -0.2) is 0 Å². The number of aromatic hydroxyl groups is 1. The molecule has 1 rings (SSSR count). The molecule has 3 heteroatoms. The van der Waals surface area contributed by atoms with Gasteiger partial charge in [-0.15, -0.1) is 0 Å². The first-order valence-corrected chi connectivity index (χ1v) is 6.77. The van der Waals surface area contributed by atoms with Crippen LogP contribution in [0, 0.1) is 0 Å². The lowest BCUT2D eigenvalue weighted by Crippen LogP contribution is -2.25. The van der Waals surface area contributed by atoms with E-state index in [2.05, 4.69) is 12.2 Å². The molecule has 0 heterocycles. The number of carbonyl (C=O) groups excluding carboxylic acids is 1. The van der Waals surface area contributed by atoms with Gasteiger partial charge in [-0.1, -0.05) is 38.3 Å². The Morgan fingerprint density at radius 1 is 1.28 bits per heavy atom. The summed E-state index contributed by atoms with van der Waals surface area (Å²) in [5.41, 5.74) is 1.04. The smallest absolute Gasteiger partial charge is 0.220 e. The molecule has 3 nitrogen and oxygen atoms in total. The van der Waals surface area contributed by atoms with Crippen molar-refractivity contribution in [3.8, 4) is 5.75 Å². The lowest BCUT2D eigenvalue weighted by atomic mass is 10.1. The van der Waals surface area contributed by atoms with Crippen LogP contribution < -0.4 is 5.32 Å². The van der Waals surface area contributed by atoms with Gasteiger partial charge >= 0.3 is 0 Å². The van der Waals surface area contributed by atoms with Crippen LogP contribution in [0.1, 0.15) is 44.6 Å². The molecule has 0 aliphatic rings. The monoisotopic (exact) mass is 249 g/mol. The molecule has 0 fully saturated rings. The van der Waals surface area contributed by atoms with E-state index in [0.717, 1.165) is 24.8 Å². The fourth-order valence-electron chi connectivity index (χ4n) is 1.86. The summed E-state index contributed by atoms with van der Waals surface area (Å²) in [6.45, 7) is 2.80. The first-order chi connectivity index (χ1) is 8.72. The number of phenols is 1. The molecular formula is C15H23NO2. The Hall–Kier alpha value is -1.51. The van der Waals surface area contributed by atoms with Crippen LogP contribution in [0.5, 0.6) is 5.75 Å². The van der Waals surface area contributed by atoms with Gasteiger partial charge < -0.3 is 10.4 Å². The second kappa shape index (κ2) is 8.56. The molecule has 0 saturated carbocycles. The van der Waals surface area contributed by atoms with Gasteiger partial charge in [0, 0.05) is 13.0 Å². The van der Waals surface area contributed by atoms with E-state index in [1.807, 2.05) is 12.1 Å². The third-order valence-electron chi connectivity index (χ3n) is 2.90. The lowest BCUT2D eigenvalue weighted by molar-refractivity contribution is -0.121. The van der Waals surface area contributed by atoms with Crippen LogP contribution >= 0.6 is 0 Å². The van der Waals surface area contributed by atoms with Gasteiger partial charge in [-0.2, -0.15) is 0 Å².